The van der Waals surface area contributed by atoms with Crippen LogP contribution in [-0.4, -0.2) is 23.6 Å². The lowest BCUT2D eigenvalue weighted by molar-refractivity contribution is -0.137. The van der Waals surface area contributed by atoms with Gasteiger partial charge in [0, 0.05) is 12.1 Å². The second kappa shape index (κ2) is 8.15. The summed E-state index contributed by atoms with van der Waals surface area (Å²) in [6.07, 6.45) is 0.564. The van der Waals surface area contributed by atoms with Crippen molar-refractivity contribution in [2.45, 2.75) is 26.7 Å². The molecule has 0 radical (unpaired) electrons. The van der Waals surface area contributed by atoms with Crippen molar-refractivity contribution in [3.63, 3.8) is 0 Å². The summed E-state index contributed by atoms with van der Waals surface area (Å²) in [6, 6.07) is 13.0. The van der Waals surface area contributed by atoms with Gasteiger partial charge in [-0.15, -0.1) is 0 Å². The van der Waals surface area contributed by atoms with Crippen molar-refractivity contribution in [1.29, 1.82) is 0 Å². The number of aliphatic carboxylic acids is 1. The summed E-state index contributed by atoms with van der Waals surface area (Å²) in [4.78, 5) is 22.5. The molecule has 5 heteroatoms. The second-order valence-corrected chi connectivity index (χ2v) is 5.70. The highest BCUT2D eigenvalue weighted by atomic mass is 16.5. The number of carboxylic acids is 1. The number of hydrogen-bond acceptors (Lipinski definition) is 3. The Bertz CT molecular complexity index is 723. The van der Waals surface area contributed by atoms with Gasteiger partial charge in [-0.3, -0.25) is 9.59 Å². The van der Waals surface area contributed by atoms with Crippen molar-refractivity contribution < 1.29 is 19.4 Å². The van der Waals surface area contributed by atoms with E-state index in [1.807, 2.05) is 44.2 Å². The van der Waals surface area contributed by atoms with Gasteiger partial charge in [0.1, 0.15) is 5.75 Å². The number of aryl methyl sites for hydroxylation is 3. The number of benzene rings is 2. The van der Waals surface area contributed by atoms with Crippen molar-refractivity contribution in [1.82, 2.24) is 0 Å². The van der Waals surface area contributed by atoms with Crippen LogP contribution >= 0.6 is 0 Å². The van der Waals surface area contributed by atoms with Crippen LogP contribution in [0.25, 0.3) is 0 Å². The minimum absolute atomic E-state index is 0.0644. The lowest BCUT2D eigenvalue weighted by atomic mass is 10.1. The van der Waals surface area contributed by atoms with E-state index in [0.717, 1.165) is 16.7 Å². The Kier molecular flexibility index (Phi) is 5.95. The summed E-state index contributed by atoms with van der Waals surface area (Å²) in [7, 11) is 0. The summed E-state index contributed by atoms with van der Waals surface area (Å²) in [5.41, 5.74) is 3.63. The Balaban J connectivity index is 1.85. The molecule has 0 saturated heterocycles. The van der Waals surface area contributed by atoms with Crippen LogP contribution in [0.15, 0.2) is 42.5 Å². The van der Waals surface area contributed by atoms with E-state index in [2.05, 4.69) is 5.32 Å². The molecular weight excluding hydrogens is 306 g/mol. The van der Waals surface area contributed by atoms with Gasteiger partial charge in [0.25, 0.3) is 5.91 Å². The first-order valence-electron chi connectivity index (χ1n) is 7.74. The third-order valence-corrected chi connectivity index (χ3v) is 3.57. The predicted molar refractivity (Wildman–Crippen MR) is 92.4 cm³/mol. The van der Waals surface area contributed by atoms with Gasteiger partial charge < -0.3 is 15.2 Å². The van der Waals surface area contributed by atoms with E-state index in [1.54, 1.807) is 12.1 Å². The van der Waals surface area contributed by atoms with Gasteiger partial charge in [0.2, 0.25) is 0 Å². The fraction of sp³-hybridized carbons (Fsp3) is 0.263. The van der Waals surface area contributed by atoms with Gasteiger partial charge in [-0.1, -0.05) is 24.3 Å². The highest BCUT2D eigenvalue weighted by Gasteiger charge is 2.06. The molecular formula is C19H21NO4. The largest absolute Gasteiger partial charge is 0.483 e. The number of carboxylic acid groups (broad SMARTS) is 1. The van der Waals surface area contributed by atoms with E-state index in [-0.39, 0.29) is 18.9 Å². The molecule has 126 valence electrons. The summed E-state index contributed by atoms with van der Waals surface area (Å²) < 4.78 is 5.56. The maximum atomic E-state index is 12.0. The third-order valence-electron chi connectivity index (χ3n) is 3.57. The monoisotopic (exact) mass is 327 g/mol. The molecule has 2 N–H and O–H groups in total. The number of hydrogen-bond donors (Lipinski definition) is 2. The lowest BCUT2D eigenvalue weighted by Gasteiger charge is -2.10. The van der Waals surface area contributed by atoms with Crippen molar-refractivity contribution in [3.8, 4) is 5.75 Å². The zero-order valence-electron chi connectivity index (χ0n) is 13.8. The van der Waals surface area contributed by atoms with Gasteiger partial charge >= 0.3 is 5.97 Å². The van der Waals surface area contributed by atoms with E-state index in [4.69, 9.17) is 9.84 Å². The van der Waals surface area contributed by atoms with Crippen LogP contribution in [-0.2, 0) is 16.0 Å². The molecule has 0 heterocycles. The molecule has 0 fully saturated rings. The van der Waals surface area contributed by atoms with Crippen LogP contribution < -0.4 is 10.1 Å². The van der Waals surface area contributed by atoms with Crippen molar-refractivity contribution >= 4 is 17.6 Å². The van der Waals surface area contributed by atoms with Gasteiger partial charge in [-0.2, -0.15) is 0 Å². The smallest absolute Gasteiger partial charge is 0.303 e. The Morgan fingerprint density at radius 3 is 2.46 bits per heavy atom. The van der Waals surface area contributed by atoms with Gasteiger partial charge in [-0.25, -0.2) is 0 Å². The van der Waals surface area contributed by atoms with Gasteiger partial charge in [0.15, 0.2) is 6.61 Å². The fourth-order valence-corrected chi connectivity index (χ4v) is 2.21. The molecule has 24 heavy (non-hydrogen) atoms. The van der Waals surface area contributed by atoms with E-state index < -0.39 is 5.97 Å². The molecule has 2 aromatic rings. The zero-order chi connectivity index (χ0) is 17.5. The highest BCUT2D eigenvalue weighted by Crippen LogP contribution is 2.19. The SMILES string of the molecule is Cc1ccc(C)c(OCC(=O)Nc2ccc(CCC(=O)O)cc2)c1. The van der Waals surface area contributed by atoms with Crippen molar-refractivity contribution in [2.75, 3.05) is 11.9 Å². The topological polar surface area (TPSA) is 75.6 Å². The molecule has 1 amide bonds. The predicted octanol–water partition coefficient (Wildman–Crippen LogP) is 3.34. The third kappa shape index (κ3) is 5.43. The molecule has 0 aliphatic carbocycles. The second-order valence-electron chi connectivity index (χ2n) is 5.70. The number of nitrogens with one attached hydrogen (secondary N) is 1. The van der Waals surface area contributed by atoms with Crippen LogP contribution in [0.3, 0.4) is 0 Å². The molecule has 0 saturated carbocycles. The molecule has 0 aliphatic heterocycles. The molecule has 0 aliphatic rings. The highest BCUT2D eigenvalue weighted by molar-refractivity contribution is 5.91. The number of carbonyl (C=O) groups excluding carboxylic acids is 1. The molecule has 0 atom stereocenters. The number of rotatable bonds is 7. The average Bonchev–Trinajstić information content (AvgIpc) is 2.55. The first kappa shape index (κ1) is 17.5. The van der Waals surface area contributed by atoms with E-state index in [1.165, 1.54) is 0 Å². The summed E-state index contributed by atoms with van der Waals surface area (Å²) >= 11 is 0. The molecule has 0 aromatic heterocycles. The number of anilines is 1. The van der Waals surface area contributed by atoms with Crippen LogP contribution in [0.4, 0.5) is 5.69 Å². The maximum Gasteiger partial charge on any atom is 0.303 e. The molecule has 0 spiro atoms. The minimum Gasteiger partial charge on any atom is -0.483 e. The quantitative estimate of drug-likeness (QED) is 0.818. The Labute approximate surface area is 141 Å². The number of amides is 1. The summed E-state index contributed by atoms with van der Waals surface area (Å²) in [6.45, 7) is 3.84. The number of carbonyl (C=O) groups is 2. The van der Waals surface area contributed by atoms with Crippen LogP contribution in [0.2, 0.25) is 0 Å². The number of ether oxygens (including phenoxy) is 1. The zero-order valence-corrected chi connectivity index (χ0v) is 13.8. The Morgan fingerprint density at radius 2 is 1.79 bits per heavy atom. The van der Waals surface area contributed by atoms with Gasteiger partial charge in [0.05, 0.1) is 0 Å². The molecule has 2 aromatic carbocycles. The standard InChI is InChI=1S/C19H21NO4/c1-13-3-4-14(2)17(11-13)24-12-18(21)20-16-8-5-15(6-9-16)7-10-19(22)23/h3-6,8-9,11H,7,10,12H2,1-2H3,(H,20,21)(H,22,23). The Hall–Kier alpha value is -2.82. The fourth-order valence-electron chi connectivity index (χ4n) is 2.21. The van der Waals surface area contributed by atoms with E-state index in [0.29, 0.717) is 17.9 Å². The summed E-state index contributed by atoms with van der Waals surface area (Å²) in [5, 5.41) is 11.4. The van der Waals surface area contributed by atoms with E-state index >= 15 is 0 Å². The van der Waals surface area contributed by atoms with Crippen LogP contribution in [0.1, 0.15) is 23.1 Å². The average molecular weight is 327 g/mol. The lowest BCUT2D eigenvalue weighted by Crippen LogP contribution is -2.20. The molecule has 2 rings (SSSR count). The summed E-state index contributed by atoms with van der Waals surface area (Å²) in [5.74, 6) is -0.362. The van der Waals surface area contributed by atoms with Crippen LogP contribution in [0, 0.1) is 13.8 Å². The van der Waals surface area contributed by atoms with Crippen molar-refractivity contribution in [2.24, 2.45) is 0 Å². The van der Waals surface area contributed by atoms with Crippen LogP contribution in [0.5, 0.6) is 5.75 Å². The van der Waals surface area contributed by atoms with Crippen molar-refractivity contribution in [3.05, 3.63) is 59.2 Å². The normalized spacial score (nSPS) is 10.2. The molecule has 0 unspecified atom stereocenters. The first-order valence-corrected chi connectivity index (χ1v) is 7.74. The minimum atomic E-state index is -0.823. The molecule has 5 nitrogen and oxygen atoms in total. The first-order chi connectivity index (χ1) is 11.4. The van der Waals surface area contributed by atoms with Gasteiger partial charge in [-0.05, 0) is 55.2 Å². The maximum absolute atomic E-state index is 12.0. The molecule has 0 bridgehead atoms. The Morgan fingerprint density at radius 1 is 1.08 bits per heavy atom. The van der Waals surface area contributed by atoms with E-state index in [9.17, 15) is 9.59 Å².